The largest absolute Gasteiger partial charge is 0.495 e. The number of rotatable bonds is 5. The number of hydrogen-bond donors (Lipinski definition) is 0. The second kappa shape index (κ2) is 6.70. The van der Waals surface area contributed by atoms with Crippen LogP contribution in [0.5, 0.6) is 5.75 Å². The lowest BCUT2D eigenvalue weighted by Gasteiger charge is -2.15. The molecular formula is C11H14BrCl2NO. The van der Waals surface area contributed by atoms with Crippen LogP contribution in [0, 0.1) is 0 Å². The lowest BCUT2D eigenvalue weighted by molar-refractivity contribution is 0.386. The number of hydrogen-bond acceptors (Lipinski definition) is 2. The molecule has 0 unspecified atom stereocenters. The standard InChI is InChI=1S/C11H14BrCl2NO/c1-15(7-12)4-3-8-5-9(13)6-10(14)11(8)16-2/h5-6H,3-4,7H2,1-2H3. The van der Waals surface area contributed by atoms with E-state index in [2.05, 4.69) is 20.8 Å². The van der Waals surface area contributed by atoms with Crippen molar-refractivity contribution in [3.8, 4) is 5.75 Å². The van der Waals surface area contributed by atoms with Crippen molar-refractivity contribution in [3.63, 3.8) is 0 Å². The molecule has 0 atom stereocenters. The summed E-state index contributed by atoms with van der Waals surface area (Å²) in [5.41, 5.74) is 1.87. The van der Waals surface area contributed by atoms with Gasteiger partial charge in [-0.2, -0.15) is 0 Å². The molecule has 1 aromatic rings. The van der Waals surface area contributed by atoms with Crippen LogP contribution in [0.4, 0.5) is 0 Å². The predicted molar refractivity (Wildman–Crippen MR) is 73.1 cm³/mol. The summed E-state index contributed by atoms with van der Waals surface area (Å²) < 4.78 is 5.28. The highest BCUT2D eigenvalue weighted by Crippen LogP contribution is 2.32. The van der Waals surface area contributed by atoms with Crippen molar-refractivity contribution < 1.29 is 4.74 Å². The van der Waals surface area contributed by atoms with Gasteiger partial charge in [-0.3, -0.25) is 4.90 Å². The first-order chi connectivity index (χ1) is 7.58. The number of alkyl halides is 1. The van der Waals surface area contributed by atoms with Gasteiger partial charge in [0.1, 0.15) is 5.75 Å². The van der Waals surface area contributed by atoms with Crippen LogP contribution in [-0.4, -0.2) is 31.1 Å². The van der Waals surface area contributed by atoms with E-state index in [1.165, 1.54) is 0 Å². The topological polar surface area (TPSA) is 12.5 Å². The maximum absolute atomic E-state index is 6.05. The molecule has 0 radical (unpaired) electrons. The van der Waals surface area contributed by atoms with Gasteiger partial charge in [0.15, 0.2) is 0 Å². The Morgan fingerprint density at radius 2 is 2.06 bits per heavy atom. The summed E-state index contributed by atoms with van der Waals surface area (Å²) in [6.07, 6.45) is 0.853. The Kier molecular flexibility index (Phi) is 5.90. The zero-order chi connectivity index (χ0) is 12.1. The molecule has 16 heavy (non-hydrogen) atoms. The molecule has 2 nitrogen and oxygen atoms in total. The van der Waals surface area contributed by atoms with Gasteiger partial charge < -0.3 is 4.74 Å². The van der Waals surface area contributed by atoms with Crippen LogP contribution in [0.15, 0.2) is 12.1 Å². The van der Waals surface area contributed by atoms with E-state index in [4.69, 9.17) is 27.9 Å². The van der Waals surface area contributed by atoms with Crippen molar-refractivity contribution in [1.82, 2.24) is 4.90 Å². The van der Waals surface area contributed by atoms with Crippen molar-refractivity contribution in [1.29, 1.82) is 0 Å². The van der Waals surface area contributed by atoms with Crippen LogP contribution in [0.25, 0.3) is 0 Å². The van der Waals surface area contributed by atoms with Crippen molar-refractivity contribution in [2.45, 2.75) is 6.42 Å². The molecule has 0 bridgehead atoms. The van der Waals surface area contributed by atoms with Crippen molar-refractivity contribution in [2.75, 3.05) is 26.2 Å². The first-order valence-corrected chi connectivity index (χ1v) is 6.72. The maximum atomic E-state index is 6.05. The Balaban J connectivity index is 2.85. The minimum atomic E-state index is 0.562. The van der Waals surface area contributed by atoms with Gasteiger partial charge in [-0.15, -0.1) is 0 Å². The molecule has 0 aliphatic heterocycles. The molecule has 1 aromatic carbocycles. The van der Waals surface area contributed by atoms with Crippen molar-refractivity contribution in [2.24, 2.45) is 0 Å². The number of ether oxygens (including phenoxy) is 1. The van der Waals surface area contributed by atoms with Crippen molar-refractivity contribution >= 4 is 39.1 Å². The zero-order valence-corrected chi connectivity index (χ0v) is 12.4. The van der Waals surface area contributed by atoms with Crippen LogP contribution >= 0.6 is 39.1 Å². The Morgan fingerprint density at radius 1 is 1.38 bits per heavy atom. The third kappa shape index (κ3) is 3.81. The smallest absolute Gasteiger partial charge is 0.140 e. The summed E-state index contributed by atoms with van der Waals surface area (Å²) in [6.45, 7) is 0.915. The molecule has 1 rings (SSSR count). The Morgan fingerprint density at radius 3 is 2.62 bits per heavy atom. The quantitative estimate of drug-likeness (QED) is 0.602. The molecular weight excluding hydrogens is 313 g/mol. The Hall–Kier alpha value is 0.0400. The highest BCUT2D eigenvalue weighted by Gasteiger charge is 2.10. The third-order valence-corrected chi connectivity index (χ3v) is 3.61. The van der Waals surface area contributed by atoms with Gasteiger partial charge in [0.2, 0.25) is 0 Å². The molecule has 5 heteroatoms. The summed E-state index contributed by atoms with van der Waals surface area (Å²) in [6, 6.07) is 3.59. The number of likely N-dealkylation sites (N-methyl/N-ethyl adjacent to an activating group) is 1. The first kappa shape index (κ1) is 14.1. The summed E-state index contributed by atoms with van der Waals surface area (Å²) in [4.78, 5) is 2.15. The van der Waals surface area contributed by atoms with Crippen LogP contribution in [-0.2, 0) is 6.42 Å². The fourth-order valence-corrected chi connectivity index (χ4v) is 2.26. The summed E-state index contributed by atoms with van der Waals surface area (Å²) in [5.74, 6) is 0.717. The van der Waals surface area contributed by atoms with E-state index in [9.17, 15) is 0 Å². The minimum Gasteiger partial charge on any atom is -0.495 e. The molecule has 0 fully saturated rings. The second-order valence-corrected chi connectivity index (χ2v) is 4.87. The number of halogens is 3. The van der Waals surface area contributed by atoms with E-state index >= 15 is 0 Å². The molecule has 0 aliphatic rings. The second-order valence-electron chi connectivity index (χ2n) is 3.53. The molecule has 0 N–H and O–H groups in total. The van der Waals surface area contributed by atoms with Gasteiger partial charge in [-0.05, 0) is 31.2 Å². The number of nitrogens with zero attached hydrogens (tertiary/aromatic N) is 1. The molecule has 0 saturated carbocycles. The number of benzene rings is 1. The summed E-state index contributed by atoms with van der Waals surface area (Å²) in [7, 11) is 3.65. The molecule has 0 heterocycles. The maximum Gasteiger partial charge on any atom is 0.140 e. The zero-order valence-electron chi connectivity index (χ0n) is 9.27. The lowest BCUT2D eigenvalue weighted by Crippen LogP contribution is -2.19. The fourth-order valence-electron chi connectivity index (χ4n) is 1.40. The monoisotopic (exact) mass is 325 g/mol. The summed E-state index contributed by atoms with van der Waals surface area (Å²) in [5, 5.41) is 1.20. The van der Waals surface area contributed by atoms with E-state index in [1.54, 1.807) is 13.2 Å². The van der Waals surface area contributed by atoms with Gasteiger partial charge >= 0.3 is 0 Å². The average molecular weight is 327 g/mol. The summed E-state index contributed by atoms with van der Waals surface area (Å²) >= 11 is 15.4. The third-order valence-electron chi connectivity index (χ3n) is 2.26. The van der Waals surface area contributed by atoms with Gasteiger partial charge in [0.05, 0.1) is 17.6 Å². The van der Waals surface area contributed by atoms with Gasteiger partial charge in [-0.1, -0.05) is 39.1 Å². The van der Waals surface area contributed by atoms with E-state index in [0.29, 0.717) is 15.8 Å². The van der Waals surface area contributed by atoms with Crippen LogP contribution in [0.3, 0.4) is 0 Å². The first-order valence-electron chi connectivity index (χ1n) is 4.85. The van der Waals surface area contributed by atoms with Gasteiger partial charge in [0, 0.05) is 11.6 Å². The van der Waals surface area contributed by atoms with E-state index in [-0.39, 0.29) is 0 Å². The average Bonchev–Trinajstić information content (AvgIpc) is 2.25. The molecule has 0 saturated heterocycles. The van der Waals surface area contributed by atoms with Gasteiger partial charge in [-0.25, -0.2) is 0 Å². The van der Waals surface area contributed by atoms with Crippen LogP contribution in [0.1, 0.15) is 5.56 Å². The van der Waals surface area contributed by atoms with E-state index < -0.39 is 0 Å². The van der Waals surface area contributed by atoms with Crippen LogP contribution < -0.4 is 4.74 Å². The molecule has 0 aliphatic carbocycles. The molecule has 0 spiro atoms. The van der Waals surface area contributed by atoms with Crippen molar-refractivity contribution in [3.05, 3.63) is 27.7 Å². The molecule has 0 aromatic heterocycles. The minimum absolute atomic E-state index is 0.562. The normalized spacial score (nSPS) is 10.9. The predicted octanol–water partition coefficient (Wildman–Crippen LogP) is 3.83. The molecule has 90 valence electrons. The fraction of sp³-hybridized carbons (Fsp3) is 0.455. The molecule has 0 amide bonds. The van der Waals surface area contributed by atoms with E-state index in [1.807, 2.05) is 13.1 Å². The Bertz CT molecular complexity index is 360. The SMILES string of the molecule is COc1c(Cl)cc(Cl)cc1CCN(C)CBr. The number of methoxy groups -OCH3 is 1. The highest BCUT2D eigenvalue weighted by molar-refractivity contribution is 9.09. The van der Waals surface area contributed by atoms with Crippen LogP contribution in [0.2, 0.25) is 10.0 Å². The van der Waals surface area contributed by atoms with E-state index in [0.717, 1.165) is 24.0 Å². The Labute approximate surface area is 115 Å². The highest BCUT2D eigenvalue weighted by atomic mass is 79.9. The lowest BCUT2D eigenvalue weighted by atomic mass is 10.1. The van der Waals surface area contributed by atoms with Gasteiger partial charge in [0.25, 0.3) is 0 Å².